The van der Waals surface area contributed by atoms with Gasteiger partial charge >= 0.3 is 0 Å². The Morgan fingerprint density at radius 3 is 2.74 bits per heavy atom. The molecule has 0 saturated heterocycles. The molecule has 0 aliphatic heterocycles. The van der Waals surface area contributed by atoms with Gasteiger partial charge in [-0.2, -0.15) is 0 Å². The number of aliphatic imine (C=N–C) groups is 1. The van der Waals surface area contributed by atoms with Crippen molar-refractivity contribution in [3.8, 4) is 0 Å². The minimum Gasteiger partial charge on any atom is -0.357 e. The summed E-state index contributed by atoms with van der Waals surface area (Å²) in [5, 5.41) is 7.46. The van der Waals surface area contributed by atoms with Gasteiger partial charge in [0, 0.05) is 30.2 Å². The van der Waals surface area contributed by atoms with E-state index in [0.717, 1.165) is 35.0 Å². The second kappa shape index (κ2) is 9.07. The number of nitrogens with zero attached hydrogens (tertiary/aromatic N) is 2. The lowest BCUT2D eigenvalue weighted by molar-refractivity contribution is 0.585. The molecular weight excluding hydrogens is 346 g/mol. The summed E-state index contributed by atoms with van der Waals surface area (Å²) in [6.45, 7) is 3.34. The van der Waals surface area contributed by atoms with E-state index in [1.807, 2.05) is 31.2 Å². The monoisotopic (exact) mass is 368 g/mol. The molecule has 0 atom stereocenters. The van der Waals surface area contributed by atoms with E-state index in [2.05, 4.69) is 26.7 Å². The third-order valence-corrected chi connectivity index (χ3v) is 4.16. The molecule has 2 N–H and O–H groups in total. The summed E-state index contributed by atoms with van der Waals surface area (Å²) in [6.07, 6.45) is 2.56. The molecule has 1 heterocycles. The van der Waals surface area contributed by atoms with Crippen LogP contribution in [0.2, 0.25) is 0 Å². The number of aromatic nitrogens is 1. The number of pyridine rings is 1. The zero-order chi connectivity index (χ0) is 19.1. The van der Waals surface area contributed by atoms with Crippen molar-refractivity contribution in [2.24, 2.45) is 4.99 Å². The van der Waals surface area contributed by atoms with Gasteiger partial charge in [-0.05, 0) is 43.2 Å². The fraction of sp³-hybridized carbons (Fsp3) is 0.238. The highest BCUT2D eigenvalue weighted by molar-refractivity contribution is 5.82. The van der Waals surface area contributed by atoms with Crippen LogP contribution in [0.1, 0.15) is 18.1 Å². The van der Waals surface area contributed by atoms with E-state index in [9.17, 15) is 8.78 Å². The average Bonchev–Trinajstić information content (AvgIpc) is 2.68. The van der Waals surface area contributed by atoms with Crippen LogP contribution >= 0.6 is 0 Å². The van der Waals surface area contributed by atoms with Gasteiger partial charge < -0.3 is 10.6 Å². The maximum absolute atomic E-state index is 13.7. The molecule has 3 aromatic rings. The first kappa shape index (κ1) is 18.8. The zero-order valence-corrected chi connectivity index (χ0v) is 15.2. The first-order valence-corrected chi connectivity index (χ1v) is 8.96. The number of para-hydroxylation sites is 1. The van der Waals surface area contributed by atoms with Gasteiger partial charge in [-0.3, -0.25) is 4.98 Å². The van der Waals surface area contributed by atoms with Gasteiger partial charge in [0.2, 0.25) is 0 Å². The Bertz CT molecular complexity index is 935. The molecule has 3 rings (SSSR count). The molecule has 0 radical (unpaired) electrons. The third kappa shape index (κ3) is 5.00. The Kier molecular flexibility index (Phi) is 6.30. The maximum atomic E-state index is 13.7. The molecule has 0 saturated carbocycles. The molecule has 2 aromatic carbocycles. The number of halogens is 2. The highest BCUT2D eigenvalue weighted by Crippen LogP contribution is 2.16. The van der Waals surface area contributed by atoms with Gasteiger partial charge in [0.05, 0.1) is 12.1 Å². The van der Waals surface area contributed by atoms with Crippen LogP contribution in [0.5, 0.6) is 0 Å². The summed E-state index contributed by atoms with van der Waals surface area (Å²) < 4.78 is 27.0. The summed E-state index contributed by atoms with van der Waals surface area (Å²) in [5.74, 6) is -0.366. The SMILES string of the molecule is CCNC(=NCc1cc(F)ccc1F)NCCc1cccc2cccnc12. The Labute approximate surface area is 157 Å². The van der Waals surface area contributed by atoms with Crippen LogP contribution in [0, 0.1) is 11.6 Å². The average molecular weight is 368 g/mol. The molecule has 0 fully saturated rings. The normalized spacial score (nSPS) is 11.6. The topological polar surface area (TPSA) is 49.3 Å². The van der Waals surface area contributed by atoms with E-state index < -0.39 is 11.6 Å². The zero-order valence-electron chi connectivity index (χ0n) is 15.2. The van der Waals surface area contributed by atoms with Crippen LogP contribution in [0.15, 0.2) is 59.7 Å². The Morgan fingerprint density at radius 1 is 1.04 bits per heavy atom. The molecule has 0 unspecified atom stereocenters. The number of fused-ring (bicyclic) bond motifs is 1. The van der Waals surface area contributed by atoms with Crippen LogP contribution in [0.4, 0.5) is 8.78 Å². The van der Waals surface area contributed by atoms with Gasteiger partial charge in [-0.25, -0.2) is 13.8 Å². The first-order valence-electron chi connectivity index (χ1n) is 8.96. The van der Waals surface area contributed by atoms with E-state index in [-0.39, 0.29) is 12.1 Å². The van der Waals surface area contributed by atoms with Crippen molar-refractivity contribution in [1.29, 1.82) is 0 Å². The molecule has 0 bridgehead atoms. The van der Waals surface area contributed by atoms with Gasteiger partial charge in [0.1, 0.15) is 11.6 Å². The highest BCUT2D eigenvalue weighted by Gasteiger charge is 2.05. The Balaban J connectivity index is 1.65. The van der Waals surface area contributed by atoms with Crippen LogP contribution in [-0.4, -0.2) is 24.0 Å². The highest BCUT2D eigenvalue weighted by atomic mass is 19.1. The molecular formula is C21H22F2N4. The molecule has 0 aliphatic rings. The van der Waals surface area contributed by atoms with Crippen molar-refractivity contribution < 1.29 is 8.78 Å². The lowest BCUT2D eigenvalue weighted by Crippen LogP contribution is -2.38. The maximum Gasteiger partial charge on any atom is 0.191 e. The number of hydrogen-bond acceptors (Lipinski definition) is 2. The predicted octanol–water partition coefficient (Wildman–Crippen LogP) is 3.81. The van der Waals surface area contributed by atoms with Gasteiger partial charge in [-0.1, -0.05) is 24.3 Å². The number of guanidine groups is 1. The van der Waals surface area contributed by atoms with Crippen molar-refractivity contribution in [3.63, 3.8) is 0 Å². The van der Waals surface area contributed by atoms with Crippen molar-refractivity contribution in [3.05, 3.63) is 77.5 Å². The summed E-state index contributed by atoms with van der Waals surface area (Å²) in [5.41, 5.74) is 2.36. The van der Waals surface area contributed by atoms with Gasteiger partial charge in [0.15, 0.2) is 5.96 Å². The van der Waals surface area contributed by atoms with Crippen LogP contribution in [0.3, 0.4) is 0 Å². The summed E-state index contributed by atoms with van der Waals surface area (Å²) in [6, 6.07) is 13.5. The summed E-state index contributed by atoms with van der Waals surface area (Å²) in [4.78, 5) is 8.81. The molecule has 0 amide bonds. The molecule has 1 aromatic heterocycles. The number of nitrogens with one attached hydrogen (secondary N) is 2. The predicted molar refractivity (Wildman–Crippen MR) is 105 cm³/mol. The summed E-state index contributed by atoms with van der Waals surface area (Å²) >= 11 is 0. The molecule has 27 heavy (non-hydrogen) atoms. The van der Waals surface area contributed by atoms with E-state index in [4.69, 9.17) is 0 Å². The van der Waals surface area contributed by atoms with Crippen LogP contribution in [0.25, 0.3) is 10.9 Å². The minimum atomic E-state index is -0.469. The van der Waals surface area contributed by atoms with E-state index in [1.165, 1.54) is 6.07 Å². The lowest BCUT2D eigenvalue weighted by Gasteiger charge is -2.12. The number of rotatable bonds is 6. The van der Waals surface area contributed by atoms with Crippen molar-refractivity contribution in [2.45, 2.75) is 19.9 Å². The first-order chi connectivity index (χ1) is 13.2. The summed E-state index contributed by atoms with van der Waals surface area (Å²) in [7, 11) is 0. The van der Waals surface area contributed by atoms with Gasteiger partial charge in [-0.15, -0.1) is 0 Å². The third-order valence-electron chi connectivity index (χ3n) is 4.16. The van der Waals surface area contributed by atoms with Crippen molar-refractivity contribution in [1.82, 2.24) is 15.6 Å². The molecule has 0 spiro atoms. The van der Waals surface area contributed by atoms with Crippen LogP contribution in [-0.2, 0) is 13.0 Å². The van der Waals surface area contributed by atoms with E-state index in [1.54, 1.807) is 6.20 Å². The molecule has 4 nitrogen and oxygen atoms in total. The Morgan fingerprint density at radius 2 is 1.89 bits per heavy atom. The fourth-order valence-corrected chi connectivity index (χ4v) is 2.86. The Hall–Kier alpha value is -3.02. The second-order valence-electron chi connectivity index (χ2n) is 6.10. The number of benzene rings is 2. The molecule has 0 aliphatic carbocycles. The number of hydrogen-bond donors (Lipinski definition) is 2. The standard InChI is InChI=1S/C21H22F2N4/c1-2-24-21(27-14-17-13-18(22)8-9-19(17)23)26-12-10-16-6-3-5-15-7-4-11-25-20(15)16/h3-9,11,13H,2,10,12,14H2,1H3,(H2,24,26,27). The van der Waals surface area contributed by atoms with Crippen molar-refractivity contribution in [2.75, 3.05) is 13.1 Å². The smallest absolute Gasteiger partial charge is 0.191 e. The van der Waals surface area contributed by atoms with E-state index >= 15 is 0 Å². The molecule has 140 valence electrons. The van der Waals surface area contributed by atoms with Crippen LogP contribution < -0.4 is 10.6 Å². The van der Waals surface area contributed by atoms with E-state index in [0.29, 0.717) is 19.0 Å². The second-order valence-corrected chi connectivity index (χ2v) is 6.10. The lowest BCUT2D eigenvalue weighted by atomic mass is 10.1. The van der Waals surface area contributed by atoms with Gasteiger partial charge in [0.25, 0.3) is 0 Å². The quantitative estimate of drug-likeness (QED) is 0.514. The largest absolute Gasteiger partial charge is 0.357 e. The van der Waals surface area contributed by atoms with Crippen molar-refractivity contribution >= 4 is 16.9 Å². The fourth-order valence-electron chi connectivity index (χ4n) is 2.86. The molecule has 6 heteroatoms. The minimum absolute atomic E-state index is 0.0642.